The predicted octanol–water partition coefficient (Wildman–Crippen LogP) is 5.73. The molecule has 4 rings (SSSR count). The third-order valence-corrected chi connectivity index (χ3v) is 8.26. The standard InChI is InChI=1S/C24H26N2O4S2/c1-7-20(27)26-18-10-8-14(28-4)12-16(18)21-22(24(26,2)3)31-32-23(21)25-17-13-15(29-5)9-11-19(17)30-6/h8-13H,7H2,1-6H3. The highest BCUT2D eigenvalue weighted by atomic mass is 32.9. The van der Waals surface area contributed by atoms with E-state index in [0.717, 1.165) is 32.1 Å². The van der Waals surface area contributed by atoms with Crippen LogP contribution in [0.1, 0.15) is 32.1 Å². The summed E-state index contributed by atoms with van der Waals surface area (Å²) in [7, 11) is 8.15. The highest BCUT2D eigenvalue weighted by molar-refractivity contribution is 7.68. The molecule has 0 bridgehead atoms. The lowest BCUT2D eigenvalue weighted by atomic mass is 9.87. The van der Waals surface area contributed by atoms with E-state index in [1.807, 2.05) is 48.2 Å². The maximum atomic E-state index is 13.0. The van der Waals surface area contributed by atoms with Crippen LogP contribution in [0.5, 0.6) is 17.2 Å². The minimum absolute atomic E-state index is 0.0819. The van der Waals surface area contributed by atoms with Crippen LogP contribution < -0.4 is 23.8 Å². The summed E-state index contributed by atoms with van der Waals surface area (Å²) in [5, 5.41) is 0. The van der Waals surface area contributed by atoms with E-state index < -0.39 is 5.54 Å². The summed E-state index contributed by atoms with van der Waals surface area (Å²) in [5.41, 5.74) is 3.03. The largest absolute Gasteiger partial charge is 0.497 e. The Labute approximate surface area is 195 Å². The van der Waals surface area contributed by atoms with Crippen molar-refractivity contribution in [3.05, 3.63) is 45.9 Å². The molecule has 8 heteroatoms. The van der Waals surface area contributed by atoms with E-state index in [-0.39, 0.29) is 5.91 Å². The molecule has 0 N–H and O–H groups in total. The van der Waals surface area contributed by atoms with Crippen LogP contribution >= 0.6 is 20.7 Å². The highest BCUT2D eigenvalue weighted by Crippen LogP contribution is 2.50. The fraction of sp³-hybridized carbons (Fsp3) is 0.333. The molecule has 1 amide bonds. The molecule has 2 aromatic carbocycles. The van der Waals surface area contributed by atoms with Crippen LogP contribution in [-0.2, 0) is 10.3 Å². The van der Waals surface area contributed by atoms with Gasteiger partial charge in [0.2, 0.25) is 5.91 Å². The number of benzene rings is 2. The summed E-state index contributed by atoms with van der Waals surface area (Å²) in [6, 6.07) is 11.4. The number of rotatable bonds is 5. The van der Waals surface area contributed by atoms with Crippen molar-refractivity contribution in [3.63, 3.8) is 0 Å². The molecule has 3 aromatic rings. The van der Waals surface area contributed by atoms with Crippen LogP contribution in [-0.4, -0.2) is 27.2 Å². The number of nitrogens with zero attached hydrogens (tertiary/aromatic N) is 2. The number of carbonyl (C=O) groups excluding carboxylic acids is 1. The second-order valence-electron chi connectivity index (χ2n) is 7.85. The van der Waals surface area contributed by atoms with Crippen molar-refractivity contribution < 1.29 is 19.0 Å². The lowest BCUT2D eigenvalue weighted by molar-refractivity contribution is -0.119. The first-order valence-electron chi connectivity index (χ1n) is 10.3. The average molecular weight is 471 g/mol. The Bertz CT molecular complexity index is 1240. The number of anilines is 1. The first-order valence-corrected chi connectivity index (χ1v) is 12.4. The number of hydrogen-bond donors (Lipinski definition) is 0. The molecule has 0 radical (unpaired) electrons. The summed E-state index contributed by atoms with van der Waals surface area (Å²) in [6.45, 7) is 6.07. The molecule has 32 heavy (non-hydrogen) atoms. The molecule has 0 aliphatic carbocycles. The topological polar surface area (TPSA) is 60.4 Å². The molecule has 0 saturated carbocycles. The van der Waals surface area contributed by atoms with Gasteiger partial charge in [0.05, 0.1) is 37.4 Å². The van der Waals surface area contributed by atoms with Crippen LogP contribution in [0.3, 0.4) is 0 Å². The molecule has 0 atom stereocenters. The zero-order chi connectivity index (χ0) is 23.0. The molecule has 0 fully saturated rings. The molecular formula is C24H26N2O4S2. The van der Waals surface area contributed by atoms with Crippen LogP contribution in [0, 0.1) is 0 Å². The van der Waals surface area contributed by atoms with Gasteiger partial charge < -0.3 is 19.1 Å². The number of methoxy groups -OCH3 is 3. The number of fused-ring (bicyclic) bond motifs is 3. The van der Waals surface area contributed by atoms with E-state index in [1.54, 1.807) is 42.0 Å². The van der Waals surface area contributed by atoms with E-state index >= 15 is 0 Å². The Kier molecular flexibility index (Phi) is 6.01. The van der Waals surface area contributed by atoms with Gasteiger partial charge in [0.15, 0.2) is 0 Å². The molecule has 1 aliphatic rings. The Hall–Kier alpha value is -2.84. The fourth-order valence-electron chi connectivity index (χ4n) is 4.02. The smallest absolute Gasteiger partial charge is 0.227 e. The normalized spacial score (nSPS) is 14.6. The minimum atomic E-state index is -0.503. The summed E-state index contributed by atoms with van der Waals surface area (Å²) in [5.74, 6) is 2.19. The molecule has 0 spiro atoms. The van der Waals surface area contributed by atoms with Gasteiger partial charge in [-0.2, -0.15) is 0 Å². The summed E-state index contributed by atoms with van der Waals surface area (Å²) < 4.78 is 17.3. The van der Waals surface area contributed by atoms with E-state index in [1.165, 1.54) is 0 Å². The zero-order valence-electron chi connectivity index (χ0n) is 19.0. The van der Waals surface area contributed by atoms with Gasteiger partial charge >= 0.3 is 0 Å². The molecule has 1 aliphatic heterocycles. The summed E-state index contributed by atoms with van der Waals surface area (Å²) >= 11 is 0. The third-order valence-electron chi connectivity index (χ3n) is 5.63. The van der Waals surface area contributed by atoms with Gasteiger partial charge in [0.25, 0.3) is 0 Å². The summed E-state index contributed by atoms with van der Waals surface area (Å²) in [6.07, 6.45) is 0.428. The maximum absolute atomic E-state index is 13.0. The summed E-state index contributed by atoms with van der Waals surface area (Å²) in [4.78, 5) is 21.0. The Balaban J connectivity index is 2.02. The first-order chi connectivity index (χ1) is 15.3. The third kappa shape index (κ3) is 3.57. The first kappa shape index (κ1) is 22.4. The van der Waals surface area contributed by atoms with Crippen LogP contribution in [0.15, 0.2) is 41.4 Å². The second kappa shape index (κ2) is 8.60. The fourth-order valence-corrected chi connectivity index (χ4v) is 6.97. The van der Waals surface area contributed by atoms with Crippen molar-refractivity contribution in [2.24, 2.45) is 4.99 Å². The quantitative estimate of drug-likeness (QED) is 0.447. The molecule has 2 heterocycles. The Morgan fingerprint density at radius 1 is 1.00 bits per heavy atom. The Morgan fingerprint density at radius 2 is 1.69 bits per heavy atom. The van der Waals surface area contributed by atoms with Crippen molar-refractivity contribution in [1.29, 1.82) is 0 Å². The lowest BCUT2D eigenvalue weighted by Crippen LogP contribution is -2.47. The zero-order valence-corrected chi connectivity index (χ0v) is 20.6. The van der Waals surface area contributed by atoms with E-state index in [0.29, 0.717) is 23.6 Å². The van der Waals surface area contributed by atoms with Crippen molar-refractivity contribution >= 4 is 38.0 Å². The molecular weight excluding hydrogens is 444 g/mol. The van der Waals surface area contributed by atoms with Gasteiger partial charge in [-0.15, -0.1) is 0 Å². The van der Waals surface area contributed by atoms with Crippen molar-refractivity contribution in [1.82, 2.24) is 0 Å². The number of hydrogen-bond acceptors (Lipinski definition) is 7. The second-order valence-corrected chi connectivity index (χ2v) is 9.98. The van der Waals surface area contributed by atoms with Gasteiger partial charge in [-0.05, 0) is 44.2 Å². The average Bonchev–Trinajstić information content (AvgIpc) is 3.23. The van der Waals surface area contributed by atoms with Gasteiger partial charge in [0.1, 0.15) is 27.6 Å². The molecule has 1 aromatic heterocycles. The molecule has 0 saturated heterocycles. The molecule has 168 valence electrons. The van der Waals surface area contributed by atoms with Gasteiger partial charge in [0, 0.05) is 23.6 Å². The van der Waals surface area contributed by atoms with Gasteiger partial charge in [-0.1, -0.05) is 27.6 Å². The number of ether oxygens (including phenoxy) is 3. The van der Waals surface area contributed by atoms with Crippen molar-refractivity contribution in [2.45, 2.75) is 32.7 Å². The monoisotopic (exact) mass is 470 g/mol. The van der Waals surface area contributed by atoms with E-state index in [2.05, 4.69) is 13.8 Å². The Morgan fingerprint density at radius 3 is 2.34 bits per heavy atom. The lowest BCUT2D eigenvalue weighted by Gasteiger charge is -2.43. The van der Waals surface area contributed by atoms with Gasteiger partial charge in [-0.3, -0.25) is 4.79 Å². The maximum Gasteiger partial charge on any atom is 0.227 e. The van der Waals surface area contributed by atoms with Gasteiger partial charge in [-0.25, -0.2) is 4.99 Å². The predicted molar refractivity (Wildman–Crippen MR) is 130 cm³/mol. The number of amides is 1. The van der Waals surface area contributed by atoms with Crippen molar-refractivity contribution in [3.8, 4) is 28.4 Å². The SMILES string of the molecule is CCC(=O)N1c2ccc(OC)cc2-c2c(ssc2=Nc2cc(OC)ccc2OC)C1(C)C. The van der Waals surface area contributed by atoms with Crippen LogP contribution in [0.4, 0.5) is 11.4 Å². The molecule has 6 nitrogen and oxygen atoms in total. The van der Waals surface area contributed by atoms with E-state index in [4.69, 9.17) is 19.2 Å². The van der Waals surface area contributed by atoms with Crippen LogP contribution in [0.25, 0.3) is 11.1 Å². The van der Waals surface area contributed by atoms with Crippen LogP contribution in [0.2, 0.25) is 0 Å². The number of carbonyl (C=O) groups is 1. The highest BCUT2D eigenvalue weighted by Gasteiger charge is 2.42. The minimum Gasteiger partial charge on any atom is -0.497 e. The van der Waals surface area contributed by atoms with E-state index in [9.17, 15) is 4.79 Å². The molecule has 0 unspecified atom stereocenters. The van der Waals surface area contributed by atoms with Crippen molar-refractivity contribution in [2.75, 3.05) is 26.2 Å².